The lowest BCUT2D eigenvalue weighted by Gasteiger charge is -2.25. The van der Waals surface area contributed by atoms with E-state index in [2.05, 4.69) is 15.7 Å². The van der Waals surface area contributed by atoms with Crippen molar-refractivity contribution in [2.45, 2.75) is 31.7 Å². The minimum atomic E-state index is -0.128. The Hall–Kier alpha value is -0.830. The minimum Gasteiger partial charge on any atom is -0.336 e. The Balaban J connectivity index is 1.97. The van der Waals surface area contributed by atoms with Crippen molar-refractivity contribution in [1.82, 2.24) is 9.55 Å². The van der Waals surface area contributed by atoms with E-state index in [9.17, 15) is 0 Å². The van der Waals surface area contributed by atoms with E-state index in [0.29, 0.717) is 0 Å². The first-order valence-corrected chi connectivity index (χ1v) is 5.38. The number of hydrogen-bond acceptors (Lipinski definition) is 2. The van der Waals surface area contributed by atoms with E-state index >= 15 is 0 Å². The molecule has 1 heterocycles. The minimum absolute atomic E-state index is 0.128. The van der Waals surface area contributed by atoms with Crippen molar-refractivity contribution < 1.29 is 0 Å². The van der Waals surface area contributed by atoms with Crippen LogP contribution in [-0.4, -0.2) is 9.55 Å². The van der Waals surface area contributed by atoms with Crippen LogP contribution in [0.15, 0.2) is 6.20 Å². The number of aromatic nitrogens is 2. The predicted molar refractivity (Wildman–Crippen MR) is 54.6 cm³/mol. The molecule has 0 spiro atoms. The summed E-state index contributed by atoms with van der Waals surface area (Å²) in [6.45, 7) is 2.03. The monoisotopic (exact) mass is 191 g/mol. The van der Waals surface area contributed by atoms with Gasteiger partial charge in [0.25, 0.3) is 0 Å². The normalized spacial score (nSPS) is 39.9. The van der Waals surface area contributed by atoms with E-state index in [1.165, 1.54) is 6.42 Å². The Morgan fingerprint density at radius 1 is 1.50 bits per heavy atom. The highest BCUT2D eigenvalue weighted by molar-refractivity contribution is 5.18. The van der Waals surface area contributed by atoms with Crippen molar-refractivity contribution in [2.75, 3.05) is 0 Å². The van der Waals surface area contributed by atoms with Gasteiger partial charge in [-0.3, -0.25) is 0 Å². The number of nitrogens with zero attached hydrogens (tertiary/aromatic N) is 2. The Bertz CT molecular complexity index is 370. The molecule has 1 aromatic heterocycles. The Kier molecular flexibility index (Phi) is 1.45. The number of nitrogens with two attached hydrogens (primary N) is 1. The fourth-order valence-corrected chi connectivity index (χ4v) is 3.09. The lowest BCUT2D eigenvalue weighted by atomic mass is 9.93. The van der Waals surface area contributed by atoms with Gasteiger partial charge in [-0.2, -0.15) is 0 Å². The van der Waals surface area contributed by atoms with Crippen molar-refractivity contribution in [3.63, 3.8) is 0 Å². The molecule has 2 aliphatic rings. The van der Waals surface area contributed by atoms with Gasteiger partial charge in [0.2, 0.25) is 0 Å². The number of aryl methyl sites for hydroxylation is 2. The third kappa shape index (κ3) is 1.05. The van der Waals surface area contributed by atoms with Gasteiger partial charge in [0.1, 0.15) is 5.82 Å². The van der Waals surface area contributed by atoms with Crippen LogP contribution in [0.25, 0.3) is 0 Å². The molecule has 3 rings (SSSR count). The van der Waals surface area contributed by atoms with E-state index in [-0.39, 0.29) is 5.54 Å². The molecule has 1 aromatic rings. The Morgan fingerprint density at radius 3 is 2.64 bits per heavy atom. The number of rotatable bonds is 1. The molecule has 0 amide bonds. The largest absolute Gasteiger partial charge is 0.336 e. The Labute approximate surface area is 84.3 Å². The maximum absolute atomic E-state index is 6.43. The van der Waals surface area contributed by atoms with Gasteiger partial charge in [-0.1, -0.05) is 0 Å². The summed E-state index contributed by atoms with van der Waals surface area (Å²) in [5.74, 6) is 2.89. The molecule has 0 radical (unpaired) electrons. The van der Waals surface area contributed by atoms with Crippen molar-refractivity contribution in [2.24, 2.45) is 24.6 Å². The lowest BCUT2D eigenvalue weighted by Crippen LogP contribution is -2.37. The molecule has 14 heavy (non-hydrogen) atoms. The molecular weight excluding hydrogens is 174 g/mol. The lowest BCUT2D eigenvalue weighted by molar-refractivity contribution is 0.376. The van der Waals surface area contributed by atoms with Crippen molar-refractivity contribution in [3.8, 4) is 0 Å². The molecule has 2 N–H and O–H groups in total. The predicted octanol–water partition coefficient (Wildman–Crippen LogP) is 1.31. The summed E-state index contributed by atoms with van der Waals surface area (Å²) in [7, 11) is 2.05. The first-order chi connectivity index (χ1) is 6.58. The van der Waals surface area contributed by atoms with Crippen molar-refractivity contribution in [1.29, 1.82) is 0 Å². The van der Waals surface area contributed by atoms with Crippen LogP contribution in [0.1, 0.15) is 30.8 Å². The number of fused-ring (bicyclic) bond motifs is 1. The SMILES string of the molecule is Cc1cn(C)c(C2(N)CC3CC3C2)n1. The summed E-state index contributed by atoms with van der Waals surface area (Å²) >= 11 is 0. The summed E-state index contributed by atoms with van der Waals surface area (Å²) in [4.78, 5) is 4.56. The van der Waals surface area contributed by atoms with E-state index < -0.39 is 0 Å². The zero-order chi connectivity index (χ0) is 9.92. The second-order valence-electron chi connectivity index (χ2n) is 5.14. The van der Waals surface area contributed by atoms with Gasteiger partial charge in [0.05, 0.1) is 11.2 Å². The molecule has 0 bridgehead atoms. The van der Waals surface area contributed by atoms with Gasteiger partial charge in [-0.25, -0.2) is 4.98 Å². The smallest absolute Gasteiger partial charge is 0.128 e. The highest BCUT2D eigenvalue weighted by atomic mass is 15.1. The molecule has 2 atom stereocenters. The number of imidazole rings is 1. The van der Waals surface area contributed by atoms with Crippen LogP contribution in [0.5, 0.6) is 0 Å². The summed E-state index contributed by atoms with van der Waals surface area (Å²) in [5, 5.41) is 0. The summed E-state index contributed by atoms with van der Waals surface area (Å²) < 4.78 is 2.10. The zero-order valence-corrected chi connectivity index (χ0v) is 8.83. The van der Waals surface area contributed by atoms with Crippen LogP contribution in [-0.2, 0) is 12.6 Å². The van der Waals surface area contributed by atoms with Crippen LogP contribution in [0.3, 0.4) is 0 Å². The van der Waals surface area contributed by atoms with Gasteiger partial charge in [0.15, 0.2) is 0 Å². The van der Waals surface area contributed by atoms with E-state index in [1.807, 2.05) is 14.0 Å². The third-order valence-corrected chi connectivity index (χ3v) is 3.76. The van der Waals surface area contributed by atoms with Crippen LogP contribution in [0.4, 0.5) is 0 Å². The van der Waals surface area contributed by atoms with Gasteiger partial charge >= 0.3 is 0 Å². The van der Waals surface area contributed by atoms with Crippen molar-refractivity contribution in [3.05, 3.63) is 17.7 Å². The van der Waals surface area contributed by atoms with E-state index in [0.717, 1.165) is 36.2 Å². The average molecular weight is 191 g/mol. The van der Waals surface area contributed by atoms with Crippen LogP contribution in [0, 0.1) is 18.8 Å². The maximum atomic E-state index is 6.43. The highest BCUT2D eigenvalue weighted by Gasteiger charge is 2.54. The molecule has 76 valence electrons. The molecule has 2 aliphatic carbocycles. The highest BCUT2D eigenvalue weighted by Crippen LogP contribution is 2.58. The average Bonchev–Trinajstić information content (AvgIpc) is 2.55. The van der Waals surface area contributed by atoms with E-state index in [1.54, 1.807) is 0 Å². The quantitative estimate of drug-likeness (QED) is 0.727. The molecule has 3 heteroatoms. The zero-order valence-electron chi connectivity index (χ0n) is 8.83. The van der Waals surface area contributed by atoms with Gasteiger partial charge in [0, 0.05) is 13.2 Å². The topological polar surface area (TPSA) is 43.8 Å². The van der Waals surface area contributed by atoms with Gasteiger partial charge < -0.3 is 10.3 Å². The third-order valence-electron chi connectivity index (χ3n) is 3.76. The second-order valence-corrected chi connectivity index (χ2v) is 5.14. The molecule has 3 nitrogen and oxygen atoms in total. The van der Waals surface area contributed by atoms with Crippen LogP contribution in [0.2, 0.25) is 0 Å². The van der Waals surface area contributed by atoms with Crippen LogP contribution >= 0.6 is 0 Å². The standard InChI is InChI=1S/C11H17N3/c1-7-6-14(2)10(13-7)11(12)4-8-3-9(8)5-11/h6,8-9H,3-5,12H2,1-2H3. The first kappa shape index (κ1) is 8.48. The molecule has 2 unspecified atom stereocenters. The fourth-order valence-electron chi connectivity index (χ4n) is 3.09. The molecule has 0 aliphatic heterocycles. The molecular formula is C11H17N3. The summed E-state index contributed by atoms with van der Waals surface area (Å²) in [5.41, 5.74) is 7.38. The van der Waals surface area contributed by atoms with Crippen molar-refractivity contribution >= 4 is 0 Å². The number of hydrogen-bond donors (Lipinski definition) is 1. The van der Waals surface area contributed by atoms with Crippen LogP contribution < -0.4 is 5.73 Å². The van der Waals surface area contributed by atoms with Gasteiger partial charge in [-0.15, -0.1) is 0 Å². The van der Waals surface area contributed by atoms with E-state index in [4.69, 9.17) is 5.73 Å². The molecule has 2 fully saturated rings. The van der Waals surface area contributed by atoms with Gasteiger partial charge in [-0.05, 0) is 38.0 Å². The molecule has 0 aromatic carbocycles. The maximum Gasteiger partial charge on any atom is 0.128 e. The summed E-state index contributed by atoms with van der Waals surface area (Å²) in [6.07, 6.45) is 5.75. The Morgan fingerprint density at radius 2 is 2.14 bits per heavy atom. The molecule has 2 saturated carbocycles. The molecule has 0 saturated heterocycles. The second kappa shape index (κ2) is 2.40. The fraction of sp³-hybridized carbons (Fsp3) is 0.727. The first-order valence-electron chi connectivity index (χ1n) is 5.38. The summed E-state index contributed by atoms with van der Waals surface area (Å²) in [6, 6.07) is 0.